The summed E-state index contributed by atoms with van der Waals surface area (Å²) in [7, 11) is 0. The van der Waals surface area contributed by atoms with Crippen LogP contribution in [0.3, 0.4) is 0 Å². The maximum Gasteiger partial charge on any atom is 0.407 e. The highest BCUT2D eigenvalue weighted by atomic mass is 16.6. The lowest BCUT2D eigenvalue weighted by molar-refractivity contribution is 0.0503. The first kappa shape index (κ1) is 22.7. The van der Waals surface area contributed by atoms with Gasteiger partial charge in [0.2, 0.25) is 0 Å². The molecule has 1 amide bonds. The zero-order valence-electron chi connectivity index (χ0n) is 17.8. The van der Waals surface area contributed by atoms with Gasteiger partial charge in [-0.05, 0) is 57.7 Å². The molecule has 0 spiro atoms. The predicted octanol–water partition coefficient (Wildman–Crippen LogP) is 5.93. The van der Waals surface area contributed by atoms with Crippen LogP contribution in [0.4, 0.5) is 4.79 Å². The van der Waals surface area contributed by atoms with E-state index in [-0.39, 0.29) is 12.1 Å². The number of nitrogens with one attached hydrogen (secondary N) is 1. The highest BCUT2D eigenvalue weighted by Gasteiger charge is 2.18. The van der Waals surface area contributed by atoms with Crippen LogP contribution in [0.15, 0.2) is 42.6 Å². The summed E-state index contributed by atoms with van der Waals surface area (Å²) in [5.41, 5.74) is 3.97. The van der Waals surface area contributed by atoms with Gasteiger partial charge in [0.25, 0.3) is 0 Å². The minimum absolute atomic E-state index is 0.0572. The van der Waals surface area contributed by atoms with Crippen molar-refractivity contribution < 1.29 is 9.53 Å². The number of aryl methyl sites for hydroxylation is 1. The molecule has 148 valence electrons. The third-order valence-electron chi connectivity index (χ3n) is 3.89. The van der Waals surface area contributed by atoms with Gasteiger partial charge in [-0.25, -0.2) is 4.79 Å². The number of carbonyl (C=O) groups excluding carboxylic acids is 1. The molecule has 4 heteroatoms. The van der Waals surface area contributed by atoms with Gasteiger partial charge in [-0.1, -0.05) is 51.1 Å². The van der Waals surface area contributed by atoms with Crippen molar-refractivity contribution in [3.8, 4) is 11.1 Å². The number of amides is 1. The number of pyridine rings is 1. The first-order valence-corrected chi connectivity index (χ1v) is 9.78. The fourth-order valence-electron chi connectivity index (χ4n) is 2.53. The second-order valence-electron chi connectivity index (χ2n) is 7.34. The Bertz CT molecular complexity index is 686. The third kappa shape index (κ3) is 8.25. The van der Waals surface area contributed by atoms with Crippen LogP contribution in [0, 0.1) is 6.92 Å². The lowest BCUT2D eigenvalue weighted by atomic mass is 10.0. The molecule has 1 atom stereocenters. The quantitative estimate of drug-likeness (QED) is 0.710. The Morgan fingerprint density at radius 2 is 1.67 bits per heavy atom. The average molecular weight is 371 g/mol. The second kappa shape index (κ2) is 10.7. The first-order chi connectivity index (χ1) is 12.8. The molecule has 0 radical (unpaired) electrons. The third-order valence-corrected chi connectivity index (χ3v) is 3.89. The van der Waals surface area contributed by atoms with Crippen molar-refractivity contribution in [1.82, 2.24) is 10.3 Å². The maximum absolute atomic E-state index is 11.9. The Hall–Kier alpha value is -2.36. The Morgan fingerprint density at radius 3 is 2.15 bits per heavy atom. The molecule has 0 saturated heterocycles. The zero-order valence-corrected chi connectivity index (χ0v) is 17.8. The summed E-state index contributed by atoms with van der Waals surface area (Å²) in [4.78, 5) is 16.3. The van der Waals surface area contributed by atoms with Gasteiger partial charge in [0.05, 0.1) is 0 Å². The van der Waals surface area contributed by atoms with E-state index >= 15 is 0 Å². The van der Waals surface area contributed by atoms with Crippen molar-refractivity contribution in [2.75, 3.05) is 0 Å². The summed E-state index contributed by atoms with van der Waals surface area (Å²) < 4.78 is 5.34. The molecule has 4 nitrogen and oxygen atoms in total. The Labute approximate surface area is 164 Å². The molecule has 0 saturated carbocycles. The Morgan fingerprint density at radius 1 is 1.07 bits per heavy atom. The van der Waals surface area contributed by atoms with Gasteiger partial charge in [-0.3, -0.25) is 4.98 Å². The Balaban J connectivity index is 0.00000176. The molecule has 1 N–H and O–H groups in total. The van der Waals surface area contributed by atoms with Crippen LogP contribution >= 0.6 is 0 Å². The molecular weight excluding hydrogens is 336 g/mol. The molecule has 27 heavy (non-hydrogen) atoms. The lowest BCUT2D eigenvalue weighted by Gasteiger charge is -2.23. The molecule has 0 fully saturated rings. The van der Waals surface area contributed by atoms with Crippen molar-refractivity contribution in [1.29, 1.82) is 0 Å². The number of alkyl carbamates (subject to hydrolysis) is 1. The minimum atomic E-state index is -0.480. The van der Waals surface area contributed by atoms with Crippen molar-refractivity contribution in [2.45, 2.75) is 73.0 Å². The summed E-state index contributed by atoms with van der Waals surface area (Å²) in [6, 6.07) is 12.6. The molecule has 1 aromatic carbocycles. The number of hydrogen-bond donors (Lipinski definition) is 1. The number of aromatic nitrogens is 1. The van der Waals surface area contributed by atoms with E-state index in [1.807, 2.05) is 53.8 Å². The van der Waals surface area contributed by atoms with E-state index in [0.29, 0.717) is 0 Å². The van der Waals surface area contributed by atoms with E-state index in [0.717, 1.165) is 29.7 Å². The fourth-order valence-corrected chi connectivity index (χ4v) is 2.53. The number of nitrogens with zero attached hydrogens (tertiary/aromatic N) is 1. The van der Waals surface area contributed by atoms with Crippen LogP contribution in [-0.4, -0.2) is 22.7 Å². The molecule has 0 aliphatic rings. The van der Waals surface area contributed by atoms with Crippen LogP contribution < -0.4 is 5.32 Å². The van der Waals surface area contributed by atoms with Crippen molar-refractivity contribution in [3.05, 3.63) is 53.9 Å². The van der Waals surface area contributed by atoms with Crippen LogP contribution in [0.1, 0.15) is 59.2 Å². The number of rotatable bonds is 5. The second-order valence-corrected chi connectivity index (χ2v) is 7.34. The monoisotopic (exact) mass is 370 g/mol. The summed E-state index contributed by atoms with van der Waals surface area (Å²) in [6.07, 6.45) is 3.16. The molecule has 0 bridgehead atoms. The van der Waals surface area contributed by atoms with Gasteiger partial charge < -0.3 is 10.1 Å². The van der Waals surface area contributed by atoms with Crippen LogP contribution in [0.2, 0.25) is 0 Å². The van der Waals surface area contributed by atoms with Gasteiger partial charge in [0.1, 0.15) is 5.60 Å². The molecule has 1 aromatic heterocycles. The van der Waals surface area contributed by atoms with E-state index in [4.69, 9.17) is 4.74 Å². The predicted molar refractivity (Wildman–Crippen MR) is 113 cm³/mol. The van der Waals surface area contributed by atoms with Crippen LogP contribution in [0.5, 0.6) is 0 Å². The van der Waals surface area contributed by atoms with Gasteiger partial charge in [0, 0.05) is 23.5 Å². The van der Waals surface area contributed by atoms with E-state index in [2.05, 4.69) is 47.6 Å². The first-order valence-electron chi connectivity index (χ1n) is 9.78. The number of hydrogen-bond acceptors (Lipinski definition) is 3. The van der Waals surface area contributed by atoms with Crippen molar-refractivity contribution in [2.24, 2.45) is 0 Å². The van der Waals surface area contributed by atoms with E-state index in [1.54, 1.807) is 0 Å². The molecule has 0 aliphatic carbocycles. The smallest absolute Gasteiger partial charge is 0.407 e. The topological polar surface area (TPSA) is 51.2 Å². The standard InChI is InChI=1S/C21H28N2O2.C2H6/c1-6-19(23-20(24)25-21(3,4)5)13-16-8-11-17(12-9-16)18-10-7-15(2)22-14-18;1-2/h7-12,14,19H,6,13H2,1-5H3,(H,23,24);1-2H3. The molecule has 2 aromatic rings. The fraction of sp³-hybridized carbons (Fsp3) is 0.478. The normalized spacial score (nSPS) is 11.8. The largest absolute Gasteiger partial charge is 0.444 e. The molecule has 2 rings (SSSR count). The average Bonchev–Trinajstić information content (AvgIpc) is 2.62. The van der Waals surface area contributed by atoms with Crippen LogP contribution in [-0.2, 0) is 11.2 Å². The summed E-state index contributed by atoms with van der Waals surface area (Å²) in [5.74, 6) is 0. The highest BCUT2D eigenvalue weighted by molar-refractivity contribution is 5.68. The van der Waals surface area contributed by atoms with Crippen molar-refractivity contribution >= 4 is 6.09 Å². The number of benzene rings is 1. The van der Waals surface area contributed by atoms with Gasteiger partial charge >= 0.3 is 6.09 Å². The van der Waals surface area contributed by atoms with E-state index < -0.39 is 5.60 Å². The molecule has 0 aliphatic heterocycles. The van der Waals surface area contributed by atoms with Gasteiger partial charge in [-0.15, -0.1) is 0 Å². The molecule has 1 unspecified atom stereocenters. The van der Waals surface area contributed by atoms with Crippen molar-refractivity contribution in [3.63, 3.8) is 0 Å². The Kier molecular flexibility index (Phi) is 8.99. The summed E-state index contributed by atoms with van der Waals surface area (Å²) in [5, 5.41) is 2.95. The maximum atomic E-state index is 11.9. The summed E-state index contributed by atoms with van der Waals surface area (Å²) in [6.45, 7) is 13.6. The summed E-state index contributed by atoms with van der Waals surface area (Å²) >= 11 is 0. The number of carbonyl (C=O) groups is 1. The van der Waals surface area contributed by atoms with Gasteiger partial charge in [0.15, 0.2) is 0 Å². The van der Waals surface area contributed by atoms with E-state index in [9.17, 15) is 4.79 Å². The number of ether oxygens (including phenoxy) is 1. The highest BCUT2D eigenvalue weighted by Crippen LogP contribution is 2.20. The van der Waals surface area contributed by atoms with E-state index in [1.165, 1.54) is 5.56 Å². The van der Waals surface area contributed by atoms with Crippen LogP contribution in [0.25, 0.3) is 11.1 Å². The molecule has 1 heterocycles. The minimum Gasteiger partial charge on any atom is -0.444 e. The SMILES string of the molecule is CC.CCC(Cc1ccc(-c2ccc(C)nc2)cc1)NC(=O)OC(C)(C)C. The lowest BCUT2D eigenvalue weighted by Crippen LogP contribution is -2.39. The van der Waals surface area contributed by atoms with Gasteiger partial charge in [-0.2, -0.15) is 0 Å². The molecular formula is C23H34N2O2. The zero-order chi connectivity index (χ0) is 20.4.